The van der Waals surface area contributed by atoms with Gasteiger partial charge in [-0.15, -0.1) is 0 Å². The first-order valence-electron chi connectivity index (χ1n) is 6.28. The molecule has 0 aliphatic carbocycles. The Balaban J connectivity index is 2.06. The van der Waals surface area contributed by atoms with E-state index in [4.69, 9.17) is 10.5 Å². The van der Waals surface area contributed by atoms with Crippen molar-refractivity contribution >= 4 is 0 Å². The lowest BCUT2D eigenvalue weighted by Gasteiger charge is -2.39. The van der Waals surface area contributed by atoms with Crippen LogP contribution in [0.3, 0.4) is 0 Å². The van der Waals surface area contributed by atoms with Crippen molar-refractivity contribution in [2.45, 2.75) is 12.3 Å². The van der Waals surface area contributed by atoms with Gasteiger partial charge < -0.3 is 10.5 Å². The summed E-state index contributed by atoms with van der Waals surface area (Å²) in [5.74, 6) is 0.778. The average Bonchev–Trinajstić information content (AvgIpc) is 2.39. The Kier molecular flexibility index (Phi) is 3.00. The summed E-state index contributed by atoms with van der Waals surface area (Å²) in [7, 11) is 0. The predicted octanol–water partition coefficient (Wildman–Crippen LogP) is 1.07. The van der Waals surface area contributed by atoms with Gasteiger partial charge in [-0.05, 0) is 25.1 Å². The van der Waals surface area contributed by atoms with Crippen LogP contribution in [0.5, 0.6) is 0 Å². The van der Waals surface area contributed by atoms with Crippen LogP contribution >= 0.6 is 0 Å². The van der Waals surface area contributed by atoms with Gasteiger partial charge in [0.2, 0.25) is 0 Å². The summed E-state index contributed by atoms with van der Waals surface area (Å²) < 4.78 is 5.30. The summed E-state index contributed by atoms with van der Waals surface area (Å²) in [6, 6.07) is 5.85. The standard InChI is InChI=1S/C14H16N4O/c1-10-5-12(11-3-2-4-16-6-11)18-13(17-10)14(7-15)8-19-9-14/h2-6H,7-9,15H2,1H3. The number of hydrogen-bond donors (Lipinski definition) is 1. The van der Waals surface area contributed by atoms with Gasteiger partial charge in [0.15, 0.2) is 0 Å². The molecular formula is C14H16N4O. The molecule has 5 heteroatoms. The van der Waals surface area contributed by atoms with Crippen LogP contribution in [0.1, 0.15) is 11.5 Å². The first-order valence-corrected chi connectivity index (χ1v) is 6.28. The highest BCUT2D eigenvalue weighted by Crippen LogP contribution is 2.30. The summed E-state index contributed by atoms with van der Waals surface area (Å²) in [6.45, 7) is 3.66. The van der Waals surface area contributed by atoms with E-state index in [0.717, 1.165) is 22.8 Å². The summed E-state index contributed by atoms with van der Waals surface area (Å²) in [4.78, 5) is 13.3. The highest BCUT2D eigenvalue weighted by Gasteiger charge is 2.42. The maximum Gasteiger partial charge on any atom is 0.141 e. The van der Waals surface area contributed by atoms with Crippen LogP contribution in [0, 0.1) is 6.92 Å². The highest BCUT2D eigenvalue weighted by molar-refractivity contribution is 5.58. The molecule has 5 nitrogen and oxygen atoms in total. The zero-order valence-electron chi connectivity index (χ0n) is 10.8. The molecule has 0 amide bonds. The average molecular weight is 256 g/mol. The van der Waals surface area contributed by atoms with Crippen LogP contribution in [0.15, 0.2) is 30.6 Å². The second-order valence-electron chi connectivity index (χ2n) is 4.94. The maximum absolute atomic E-state index is 5.87. The van der Waals surface area contributed by atoms with Crippen LogP contribution in [0.4, 0.5) is 0 Å². The number of aromatic nitrogens is 3. The molecule has 0 aromatic carbocycles. The third kappa shape index (κ3) is 2.11. The molecule has 2 N–H and O–H groups in total. The molecule has 1 fully saturated rings. The molecule has 2 aromatic rings. The summed E-state index contributed by atoms with van der Waals surface area (Å²) >= 11 is 0. The Morgan fingerprint density at radius 1 is 1.37 bits per heavy atom. The van der Waals surface area contributed by atoms with E-state index in [2.05, 4.69) is 15.0 Å². The van der Waals surface area contributed by atoms with Crippen molar-refractivity contribution in [2.75, 3.05) is 19.8 Å². The molecule has 0 unspecified atom stereocenters. The number of ether oxygens (including phenoxy) is 1. The van der Waals surface area contributed by atoms with Gasteiger partial charge in [0, 0.05) is 30.2 Å². The zero-order valence-corrected chi connectivity index (χ0v) is 10.8. The van der Waals surface area contributed by atoms with Crippen molar-refractivity contribution in [3.63, 3.8) is 0 Å². The molecule has 2 aromatic heterocycles. The van der Waals surface area contributed by atoms with Gasteiger partial charge in [-0.2, -0.15) is 0 Å². The smallest absolute Gasteiger partial charge is 0.141 e. The van der Waals surface area contributed by atoms with E-state index < -0.39 is 0 Å². The highest BCUT2D eigenvalue weighted by atomic mass is 16.5. The number of nitrogens with zero attached hydrogens (tertiary/aromatic N) is 3. The zero-order chi connectivity index (χ0) is 13.3. The van der Waals surface area contributed by atoms with E-state index >= 15 is 0 Å². The molecule has 19 heavy (non-hydrogen) atoms. The van der Waals surface area contributed by atoms with Gasteiger partial charge in [-0.3, -0.25) is 4.98 Å². The first kappa shape index (κ1) is 12.2. The second-order valence-corrected chi connectivity index (χ2v) is 4.94. The molecule has 3 rings (SSSR count). The lowest BCUT2D eigenvalue weighted by molar-refractivity contribution is -0.0594. The Labute approximate surface area is 111 Å². The quantitative estimate of drug-likeness (QED) is 0.889. The van der Waals surface area contributed by atoms with E-state index in [0.29, 0.717) is 19.8 Å². The van der Waals surface area contributed by atoms with Crippen LogP contribution in [-0.4, -0.2) is 34.7 Å². The maximum atomic E-state index is 5.87. The van der Waals surface area contributed by atoms with Gasteiger partial charge in [-0.1, -0.05) is 0 Å². The topological polar surface area (TPSA) is 73.9 Å². The van der Waals surface area contributed by atoms with Crippen LogP contribution in [0.25, 0.3) is 11.3 Å². The molecule has 0 radical (unpaired) electrons. The predicted molar refractivity (Wildman–Crippen MR) is 71.6 cm³/mol. The summed E-state index contributed by atoms with van der Waals surface area (Å²) in [5, 5.41) is 0. The lowest BCUT2D eigenvalue weighted by atomic mass is 9.85. The molecule has 3 heterocycles. The van der Waals surface area contributed by atoms with Crippen molar-refractivity contribution in [3.05, 3.63) is 42.1 Å². The monoisotopic (exact) mass is 256 g/mol. The van der Waals surface area contributed by atoms with E-state index in [-0.39, 0.29) is 5.41 Å². The summed E-state index contributed by atoms with van der Waals surface area (Å²) in [6.07, 6.45) is 3.55. The minimum atomic E-state index is -0.219. The van der Waals surface area contributed by atoms with Gasteiger partial charge >= 0.3 is 0 Å². The van der Waals surface area contributed by atoms with Crippen LogP contribution < -0.4 is 5.73 Å². The third-order valence-electron chi connectivity index (χ3n) is 3.43. The summed E-state index contributed by atoms with van der Waals surface area (Å²) in [5.41, 5.74) is 8.45. The molecule has 0 atom stereocenters. The second kappa shape index (κ2) is 4.68. The Hall–Kier alpha value is -1.85. The van der Waals surface area contributed by atoms with Gasteiger partial charge in [0.1, 0.15) is 5.82 Å². The molecule has 0 saturated carbocycles. The normalized spacial score (nSPS) is 16.9. The fraction of sp³-hybridized carbons (Fsp3) is 0.357. The largest absolute Gasteiger partial charge is 0.379 e. The third-order valence-corrected chi connectivity index (χ3v) is 3.43. The van der Waals surface area contributed by atoms with Crippen LogP contribution in [0.2, 0.25) is 0 Å². The van der Waals surface area contributed by atoms with E-state index in [9.17, 15) is 0 Å². The minimum absolute atomic E-state index is 0.219. The number of aryl methyl sites for hydroxylation is 1. The van der Waals surface area contributed by atoms with Gasteiger partial charge in [-0.25, -0.2) is 9.97 Å². The molecule has 0 bridgehead atoms. The Morgan fingerprint density at radius 2 is 2.21 bits per heavy atom. The van der Waals surface area contributed by atoms with Gasteiger partial charge in [0.05, 0.1) is 24.3 Å². The fourth-order valence-corrected chi connectivity index (χ4v) is 2.15. The minimum Gasteiger partial charge on any atom is -0.379 e. The number of hydrogen-bond acceptors (Lipinski definition) is 5. The number of pyridine rings is 1. The van der Waals surface area contributed by atoms with Gasteiger partial charge in [0.25, 0.3) is 0 Å². The van der Waals surface area contributed by atoms with Crippen molar-refractivity contribution in [3.8, 4) is 11.3 Å². The SMILES string of the molecule is Cc1cc(-c2cccnc2)nc(C2(CN)COC2)n1. The van der Waals surface area contributed by atoms with Crippen molar-refractivity contribution < 1.29 is 4.74 Å². The number of rotatable bonds is 3. The van der Waals surface area contributed by atoms with Crippen molar-refractivity contribution in [1.82, 2.24) is 15.0 Å². The first-order chi connectivity index (χ1) is 9.23. The molecular weight excluding hydrogens is 240 g/mol. The Morgan fingerprint density at radius 3 is 2.79 bits per heavy atom. The molecule has 1 aliphatic heterocycles. The van der Waals surface area contributed by atoms with E-state index in [1.165, 1.54) is 0 Å². The number of nitrogens with two attached hydrogens (primary N) is 1. The van der Waals surface area contributed by atoms with E-state index in [1.807, 2.05) is 25.1 Å². The van der Waals surface area contributed by atoms with Crippen LogP contribution in [-0.2, 0) is 10.2 Å². The lowest BCUT2D eigenvalue weighted by Crippen LogP contribution is -2.53. The molecule has 98 valence electrons. The molecule has 0 spiro atoms. The Bertz CT molecular complexity index is 576. The fourth-order valence-electron chi connectivity index (χ4n) is 2.15. The molecule has 1 saturated heterocycles. The van der Waals surface area contributed by atoms with Crippen molar-refractivity contribution in [1.29, 1.82) is 0 Å². The molecule has 1 aliphatic rings. The van der Waals surface area contributed by atoms with Crippen molar-refractivity contribution in [2.24, 2.45) is 5.73 Å². The van der Waals surface area contributed by atoms with E-state index in [1.54, 1.807) is 12.4 Å².